The molecule has 1 aliphatic rings. The first-order valence-corrected chi connectivity index (χ1v) is 7.19. The molecule has 0 aromatic heterocycles. The molecule has 7 heteroatoms. The highest BCUT2D eigenvalue weighted by Gasteiger charge is 2.30. The molecule has 0 saturated carbocycles. The Bertz CT molecular complexity index is 520. The summed E-state index contributed by atoms with van der Waals surface area (Å²) >= 11 is 0. The second-order valence-electron chi connectivity index (χ2n) is 5.55. The summed E-state index contributed by atoms with van der Waals surface area (Å²) in [5, 5.41) is 11.6. The van der Waals surface area contributed by atoms with Crippen LogP contribution in [0.15, 0.2) is 24.3 Å². The number of likely N-dealkylation sites (tertiary alicyclic amines) is 1. The van der Waals surface area contributed by atoms with Crippen LogP contribution in [-0.2, 0) is 11.0 Å². The number of benzene rings is 1. The van der Waals surface area contributed by atoms with E-state index in [2.05, 4.69) is 5.32 Å². The largest absolute Gasteiger partial charge is 0.416 e. The van der Waals surface area contributed by atoms with Gasteiger partial charge in [0.05, 0.1) is 12.1 Å². The number of rotatable bonds is 4. The molecule has 1 aromatic carbocycles. The third-order valence-electron chi connectivity index (χ3n) is 3.70. The first-order valence-electron chi connectivity index (χ1n) is 7.19. The molecule has 122 valence electrons. The van der Waals surface area contributed by atoms with Crippen LogP contribution in [0.4, 0.5) is 18.9 Å². The van der Waals surface area contributed by atoms with Crippen molar-refractivity contribution in [1.82, 2.24) is 4.90 Å². The van der Waals surface area contributed by atoms with Gasteiger partial charge < -0.3 is 10.4 Å². The van der Waals surface area contributed by atoms with E-state index in [9.17, 15) is 18.0 Å². The predicted molar refractivity (Wildman–Crippen MR) is 76.3 cm³/mol. The molecule has 1 saturated heterocycles. The van der Waals surface area contributed by atoms with Crippen molar-refractivity contribution in [3.8, 4) is 0 Å². The predicted octanol–water partition coefficient (Wildman–Crippen LogP) is 2.35. The maximum Gasteiger partial charge on any atom is 0.416 e. The zero-order chi connectivity index (χ0) is 16.2. The van der Waals surface area contributed by atoms with Crippen molar-refractivity contribution in [3.63, 3.8) is 0 Å². The van der Waals surface area contributed by atoms with Crippen LogP contribution in [0.2, 0.25) is 0 Å². The van der Waals surface area contributed by atoms with Crippen LogP contribution < -0.4 is 5.32 Å². The van der Waals surface area contributed by atoms with Gasteiger partial charge in [-0.25, -0.2) is 0 Å². The second-order valence-corrected chi connectivity index (χ2v) is 5.55. The fourth-order valence-electron chi connectivity index (χ4n) is 2.62. The van der Waals surface area contributed by atoms with Gasteiger partial charge in [0.25, 0.3) is 0 Å². The number of halogens is 3. The Balaban J connectivity index is 1.92. The van der Waals surface area contributed by atoms with Crippen molar-refractivity contribution in [1.29, 1.82) is 0 Å². The van der Waals surface area contributed by atoms with Gasteiger partial charge in [0.1, 0.15) is 0 Å². The van der Waals surface area contributed by atoms with Gasteiger partial charge in [0, 0.05) is 18.8 Å². The number of aliphatic hydroxyl groups is 1. The summed E-state index contributed by atoms with van der Waals surface area (Å²) in [6.07, 6.45) is -2.59. The molecule has 0 aliphatic carbocycles. The van der Waals surface area contributed by atoms with Crippen LogP contribution >= 0.6 is 0 Å². The van der Waals surface area contributed by atoms with Crippen LogP contribution in [-0.4, -0.2) is 42.2 Å². The molecule has 1 aliphatic heterocycles. The molecule has 1 heterocycles. The van der Waals surface area contributed by atoms with Crippen molar-refractivity contribution in [2.24, 2.45) is 5.92 Å². The number of alkyl halides is 3. The molecule has 0 bridgehead atoms. The van der Waals surface area contributed by atoms with Gasteiger partial charge in [-0.15, -0.1) is 0 Å². The minimum Gasteiger partial charge on any atom is -0.396 e. The molecule has 2 N–H and O–H groups in total. The Morgan fingerprint density at radius 1 is 1.41 bits per heavy atom. The fraction of sp³-hybridized carbons (Fsp3) is 0.533. The first-order chi connectivity index (χ1) is 10.4. The summed E-state index contributed by atoms with van der Waals surface area (Å²) in [5.41, 5.74) is -0.654. The lowest BCUT2D eigenvalue weighted by atomic mass is 9.99. The van der Waals surface area contributed by atoms with Crippen molar-refractivity contribution < 1.29 is 23.1 Å². The number of carbonyl (C=O) groups is 1. The van der Waals surface area contributed by atoms with Gasteiger partial charge in [-0.2, -0.15) is 13.2 Å². The Morgan fingerprint density at radius 2 is 2.18 bits per heavy atom. The Kier molecular flexibility index (Phi) is 5.42. The van der Waals surface area contributed by atoms with E-state index in [1.807, 2.05) is 4.90 Å². The van der Waals surface area contributed by atoms with E-state index in [1.54, 1.807) is 0 Å². The quantitative estimate of drug-likeness (QED) is 0.896. The van der Waals surface area contributed by atoms with E-state index < -0.39 is 11.7 Å². The van der Waals surface area contributed by atoms with Crippen LogP contribution in [0.5, 0.6) is 0 Å². The van der Waals surface area contributed by atoms with Gasteiger partial charge in [-0.1, -0.05) is 6.07 Å². The molecule has 1 aromatic rings. The first kappa shape index (κ1) is 16.8. The summed E-state index contributed by atoms with van der Waals surface area (Å²) in [4.78, 5) is 13.9. The number of nitrogens with one attached hydrogen (secondary N) is 1. The molecule has 1 unspecified atom stereocenters. The minimum atomic E-state index is -4.43. The van der Waals surface area contributed by atoms with E-state index in [0.29, 0.717) is 6.54 Å². The van der Waals surface area contributed by atoms with Crippen molar-refractivity contribution >= 4 is 11.6 Å². The van der Waals surface area contributed by atoms with Gasteiger partial charge >= 0.3 is 6.18 Å². The molecule has 4 nitrogen and oxygen atoms in total. The Labute approximate surface area is 126 Å². The van der Waals surface area contributed by atoms with E-state index >= 15 is 0 Å². The van der Waals surface area contributed by atoms with Crippen LogP contribution in [0, 0.1) is 5.92 Å². The highest BCUT2D eigenvalue weighted by molar-refractivity contribution is 5.92. The zero-order valence-corrected chi connectivity index (χ0v) is 12.1. The number of hydrogen-bond acceptors (Lipinski definition) is 3. The Morgan fingerprint density at radius 3 is 2.86 bits per heavy atom. The molecule has 22 heavy (non-hydrogen) atoms. The number of amides is 1. The van der Waals surface area contributed by atoms with Crippen LogP contribution in [0.25, 0.3) is 0 Å². The maximum atomic E-state index is 12.6. The molecule has 0 radical (unpaired) electrons. The molecule has 1 fully saturated rings. The van der Waals surface area contributed by atoms with Gasteiger partial charge in [-0.05, 0) is 43.5 Å². The number of nitrogens with zero attached hydrogens (tertiary/aromatic N) is 1. The molecule has 2 rings (SSSR count). The average molecular weight is 316 g/mol. The smallest absolute Gasteiger partial charge is 0.396 e. The fourth-order valence-corrected chi connectivity index (χ4v) is 2.62. The molecule has 0 spiro atoms. The zero-order valence-electron chi connectivity index (χ0n) is 12.1. The third-order valence-corrected chi connectivity index (χ3v) is 3.70. The number of hydrogen-bond donors (Lipinski definition) is 2. The van der Waals surface area contributed by atoms with Crippen molar-refractivity contribution in [2.45, 2.75) is 19.0 Å². The third kappa shape index (κ3) is 4.71. The standard InChI is InChI=1S/C15H19F3N2O2/c16-15(17,18)12-4-1-5-13(7-12)19-14(22)9-20-6-2-3-11(8-20)10-21/h1,4-5,7,11,21H,2-3,6,8-10H2,(H,19,22). The summed E-state index contributed by atoms with van der Waals surface area (Å²) in [5.74, 6) is -0.187. The molecule has 1 amide bonds. The van der Waals surface area contributed by atoms with Gasteiger partial charge in [-0.3, -0.25) is 9.69 Å². The van der Waals surface area contributed by atoms with E-state index in [4.69, 9.17) is 5.11 Å². The number of carbonyl (C=O) groups excluding carboxylic acids is 1. The lowest BCUT2D eigenvalue weighted by Gasteiger charge is -2.31. The van der Waals surface area contributed by atoms with Crippen LogP contribution in [0.1, 0.15) is 18.4 Å². The molecule has 1 atom stereocenters. The van der Waals surface area contributed by atoms with Gasteiger partial charge in [0.2, 0.25) is 5.91 Å². The number of piperidine rings is 1. The monoisotopic (exact) mass is 316 g/mol. The minimum absolute atomic E-state index is 0.0890. The lowest BCUT2D eigenvalue weighted by molar-refractivity contribution is -0.137. The number of aliphatic hydroxyl groups excluding tert-OH is 1. The summed E-state index contributed by atoms with van der Waals surface area (Å²) in [7, 11) is 0. The molecular weight excluding hydrogens is 297 g/mol. The van der Waals surface area contributed by atoms with E-state index in [1.165, 1.54) is 12.1 Å². The lowest BCUT2D eigenvalue weighted by Crippen LogP contribution is -2.41. The number of anilines is 1. The van der Waals surface area contributed by atoms with Crippen LogP contribution in [0.3, 0.4) is 0 Å². The highest BCUT2D eigenvalue weighted by atomic mass is 19.4. The maximum absolute atomic E-state index is 12.6. The van der Waals surface area contributed by atoms with E-state index in [0.717, 1.165) is 31.5 Å². The summed E-state index contributed by atoms with van der Waals surface area (Å²) < 4.78 is 37.8. The normalized spacial score (nSPS) is 19.9. The van der Waals surface area contributed by atoms with E-state index in [-0.39, 0.29) is 30.7 Å². The molecular formula is C15H19F3N2O2. The SMILES string of the molecule is O=C(CN1CCCC(CO)C1)Nc1cccc(C(F)(F)F)c1. The topological polar surface area (TPSA) is 52.6 Å². The summed E-state index contributed by atoms with van der Waals surface area (Å²) in [6, 6.07) is 4.58. The second kappa shape index (κ2) is 7.11. The van der Waals surface area contributed by atoms with Crippen molar-refractivity contribution in [2.75, 3.05) is 31.6 Å². The average Bonchev–Trinajstić information content (AvgIpc) is 2.46. The van der Waals surface area contributed by atoms with Crippen molar-refractivity contribution in [3.05, 3.63) is 29.8 Å². The van der Waals surface area contributed by atoms with Gasteiger partial charge in [0.15, 0.2) is 0 Å². The Hall–Kier alpha value is -1.60. The highest BCUT2D eigenvalue weighted by Crippen LogP contribution is 2.30. The summed E-state index contributed by atoms with van der Waals surface area (Å²) in [6.45, 7) is 1.59.